The number of fused-ring (bicyclic) bond motifs is 3. The lowest BCUT2D eigenvalue weighted by Gasteiger charge is -2.10. The number of nitrogens with one attached hydrogen (secondary N) is 1. The van der Waals surface area contributed by atoms with Crippen LogP contribution in [0.25, 0.3) is 16.7 Å². The lowest BCUT2D eigenvalue weighted by Crippen LogP contribution is -2.09. The Hall–Kier alpha value is -4.06. The number of ketones is 1. The number of benzene rings is 3. The molecule has 152 valence electrons. The highest BCUT2D eigenvalue weighted by Crippen LogP contribution is 2.22. The van der Waals surface area contributed by atoms with Gasteiger partial charge < -0.3 is 5.32 Å². The summed E-state index contributed by atoms with van der Waals surface area (Å²) in [5.41, 5.74) is 6.00. The normalized spacial score (nSPS) is 11.1. The average molecular weight is 407 g/mol. The van der Waals surface area contributed by atoms with Crippen LogP contribution in [0.5, 0.6) is 0 Å². The zero-order chi connectivity index (χ0) is 21.2. The van der Waals surface area contributed by atoms with Gasteiger partial charge in [-0.3, -0.25) is 9.20 Å². The minimum atomic E-state index is -0.0240. The van der Waals surface area contributed by atoms with E-state index < -0.39 is 0 Å². The number of carbonyl (C=O) groups excluding carboxylic acids is 1. The predicted octanol–water partition coefficient (Wildman–Crippen LogP) is 4.47. The quantitative estimate of drug-likeness (QED) is 0.421. The predicted molar refractivity (Wildman–Crippen MR) is 122 cm³/mol. The van der Waals surface area contributed by atoms with E-state index in [0.29, 0.717) is 22.6 Å². The molecule has 3 aromatic carbocycles. The van der Waals surface area contributed by atoms with Crippen molar-refractivity contribution in [2.45, 2.75) is 13.3 Å². The summed E-state index contributed by atoms with van der Waals surface area (Å²) in [6, 6.07) is 23.3. The molecular formula is C25H21N5O. The van der Waals surface area contributed by atoms with E-state index in [1.165, 1.54) is 11.1 Å². The Morgan fingerprint density at radius 1 is 0.968 bits per heavy atom. The summed E-state index contributed by atoms with van der Waals surface area (Å²) in [6.07, 6.45) is 2.54. The smallest absolute Gasteiger partial charge is 0.203 e. The maximum atomic E-state index is 12.9. The van der Waals surface area contributed by atoms with Gasteiger partial charge in [-0.15, -0.1) is 10.2 Å². The first-order chi connectivity index (χ1) is 15.2. The zero-order valence-electron chi connectivity index (χ0n) is 17.1. The largest absolute Gasteiger partial charge is 0.367 e. The lowest BCUT2D eigenvalue weighted by atomic mass is 10.0. The number of hydrogen-bond acceptors (Lipinski definition) is 5. The molecule has 0 unspecified atom stereocenters. The molecule has 6 heteroatoms. The van der Waals surface area contributed by atoms with E-state index >= 15 is 0 Å². The SMILES string of the molecule is Cc1cccc(CCNc2nc3ccc(C(=O)c4ccccc4)cc3n3cnnc23)c1. The number of aromatic nitrogens is 4. The molecule has 6 nitrogen and oxygen atoms in total. The van der Waals surface area contributed by atoms with Crippen molar-refractivity contribution < 1.29 is 4.79 Å². The molecule has 5 rings (SSSR count). The zero-order valence-corrected chi connectivity index (χ0v) is 17.1. The van der Waals surface area contributed by atoms with Crippen molar-refractivity contribution in [3.8, 4) is 0 Å². The fourth-order valence-electron chi connectivity index (χ4n) is 3.76. The second kappa shape index (κ2) is 7.99. The molecular weight excluding hydrogens is 386 g/mol. The second-order valence-electron chi connectivity index (χ2n) is 7.55. The summed E-state index contributed by atoms with van der Waals surface area (Å²) in [5.74, 6) is 0.656. The van der Waals surface area contributed by atoms with E-state index in [1.807, 2.05) is 52.9 Å². The van der Waals surface area contributed by atoms with E-state index in [9.17, 15) is 4.79 Å². The fraction of sp³-hybridized carbons (Fsp3) is 0.120. The van der Waals surface area contributed by atoms with Crippen LogP contribution in [0.2, 0.25) is 0 Å². The molecule has 0 spiro atoms. The molecule has 0 bridgehead atoms. The van der Waals surface area contributed by atoms with Gasteiger partial charge in [-0.2, -0.15) is 0 Å². The Morgan fingerprint density at radius 2 is 1.84 bits per heavy atom. The highest BCUT2D eigenvalue weighted by Gasteiger charge is 2.14. The number of anilines is 1. The van der Waals surface area contributed by atoms with E-state index in [0.717, 1.165) is 24.0 Å². The topological polar surface area (TPSA) is 72.2 Å². The van der Waals surface area contributed by atoms with Crippen molar-refractivity contribution in [2.24, 2.45) is 0 Å². The van der Waals surface area contributed by atoms with Gasteiger partial charge in [-0.1, -0.05) is 60.2 Å². The Kier molecular flexibility index (Phi) is 4.88. The van der Waals surface area contributed by atoms with E-state index in [4.69, 9.17) is 4.98 Å². The first kappa shape index (κ1) is 18.9. The second-order valence-corrected chi connectivity index (χ2v) is 7.55. The molecule has 1 N–H and O–H groups in total. The Bertz CT molecular complexity index is 1390. The van der Waals surface area contributed by atoms with Crippen molar-refractivity contribution in [2.75, 3.05) is 11.9 Å². The number of aryl methyl sites for hydroxylation is 1. The van der Waals surface area contributed by atoms with Crippen molar-refractivity contribution in [1.82, 2.24) is 19.6 Å². The molecule has 0 aliphatic carbocycles. The minimum Gasteiger partial charge on any atom is -0.367 e. The molecule has 0 radical (unpaired) electrons. The Morgan fingerprint density at radius 3 is 2.68 bits per heavy atom. The molecule has 0 fully saturated rings. The third-order valence-electron chi connectivity index (χ3n) is 5.31. The highest BCUT2D eigenvalue weighted by molar-refractivity contribution is 6.10. The van der Waals surface area contributed by atoms with E-state index in [2.05, 4.69) is 46.7 Å². The third-order valence-corrected chi connectivity index (χ3v) is 5.31. The number of rotatable bonds is 6. The van der Waals surface area contributed by atoms with Gasteiger partial charge in [0.2, 0.25) is 5.65 Å². The Balaban J connectivity index is 1.46. The lowest BCUT2D eigenvalue weighted by molar-refractivity contribution is 0.103. The van der Waals surface area contributed by atoms with Crippen molar-refractivity contribution >= 4 is 28.3 Å². The van der Waals surface area contributed by atoms with Gasteiger partial charge in [0.15, 0.2) is 11.6 Å². The van der Waals surface area contributed by atoms with Gasteiger partial charge in [-0.05, 0) is 37.1 Å². The summed E-state index contributed by atoms with van der Waals surface area (Å²) in [4.78, 5) is 17.6. The highest BCUT2D eigenvalue weighted by atomic mass is 16.1. The molecule has 31 heavy (non-hydrogen) atoms. The molecule has 0 atom stereocenters. The maximum Gasteiger partial charge on any atom is 0.203 e. The van der Waals surface area contributed by atoms with Gasteiger partial charge in [0, 0.05) is 17.7 Å². The Labute approximate surface area is 179 Å². The third kappa shape index (κ3) is 3.75. The van der Waals surface area contributed by atoms with Crippen LogP contribution in [0.3, 0.4) is 0 Å². The first-order valence-corrected chi connectivity index (χ1v) is 10.2. The fourth-order valence-corrected chi connectivity index (χ4v) is 3.76. The van der Waals surface area contributed by atoms with Crippen LogP contribution in [0, 0.1) is 6.92 Å². The summed E-state index contributed by atoms with van der Waals surface area (Å²) in [5, 5.41) is 11.7. The number of nitrogens with zero attached hydrogens (tertiary/aromatic N) is 4. The average Bonchev–Trinajstić information content (AvgIpc) is 3.30. The molecule has 0 saturated carbocycles. The molecule has 2 heterocycles. The van der Waals surface area contributed by atoms with Crippen molar-refractivity contribution in [3.05, 3.63) is 101 Å². The van der Waals surface area contributed by atoms with E-state index in [-0.39, 0.29) is 5.78 Å². The number of carbonyl (C=O) groups is 1. The molecule has 0 amide bonds. The van der Waals surface area contributed by atoms with Crippen LogP contribution < -0.4 is 5.32 Å². The van der Waals surface area contributed by atoms with Crippen LogP contribution in [-0.4, -0.2) is 31.9 Å². The summed E-state index contributed by atoms with van der Waals surface area (Å²) < 4.78 is 1.87. The van der Waals surface area contributed by atoms with Gasteiger partial charge >= 0.3 is 0 Å². The van der Waals surface area contributed by atoms with Crippen LogP contribution in [0.4, 0.5) is 5.82 Å². The van der Waals surface area contributed by atoms with Crippen LogP contribution in [-0.2, 0) is 6.42 Å². The summed E-state index contributed by atoms with van der Waals surface area (Å²) in [6.45, 7) is 2.83. The minimum absolute atomic E-state index is 0.0240. The molecule has 0 aliphatic heterocycles. The molecule has 0 aliphatic rings. The van der Waals surface area contributed by atoms with Gasteiger partial charge in [0.1, 0.15) is 6.33 Å². The monoisotopic (exact) mass is 407 g/mol. The maximum absolute atomic E-state index is 12.9. The molecule has 0 saturated heterocycles. The molecule has 2 aromatic heterocycles. The van der Waals surface area contributed by atoms with Gasteiger partial charge in [-0.25, -0.2) is 4.98 Å². The van der Waals surface area contributed by atoms with Crippen molar-refractivity contribution in [3.63, 3.8) is 0 Å². The van der Waals surface area contributed by atoms with Gasteiger partial charge in [0.05, 0.1) is 11.0 Å². The van der Waals surface area contributed by atoms with E-state index in [1.54, 1.807) is 6.33 Å². The van der Waals surface area contributed by atoms with Crippen LogP contribution in [0.15, 0.2) is 79.1 Å². The van der Waals surface area contributed by atoms with Gasteiger partial charge in [0.25, 0.3) is 0 Å². The van der Waals surface area contributed by atoms with Crippen molar-refractivity contribution in [1.29, 1.82) is 0 Å². The first-order valence-electron chi connectivity index (χ1n) is 10.2. The standard InChI is InChI=1S/C25H21N5O/c1-17-6-5-7-18(14-17)12-13-26-24-25-29-27-16-30(25)22-15-20(10-11-21(22)28-24)23(31)19-8-3-2-4-9-19/h2-11,14-16H,12-13H2,1H3,(H,26,28). The van der Waals surface area contributed by atoms with Crippen LogP contribution in [0.1, 0.15) is 27.0 Å². The summed E-state index contributed by atoms with van der Waals surface area (Å²) in [7, 11) is 0. The molecule has 5 aromatic rings. The summed E-state index contributed by atoms with van der Waals surface area (Å²) >= 11 is 0. The van der Waals surface area contributed by atoms with Crippen LogP contribution >= 0.6 is 0 Å². The number of hydrogen-bond donors (Lipinski definition) is 1.